The van der Waals surface area contributed by atoms with E-state index < -0.39 is 17.8 Å². The molecule has 9 heteroatoms. The van der Waals surface area contributed by atoms with Crippen LogP contribution in [0.5, 0.6) is 0 Å². The van der Waals surface area contributed by atoms with Crippen LogP contribution in [0.1, 0.15) is 12.0 Å². The van der Waals surface area contributed by atoms with Crippen molar-refractivity contribution in [2.75, 3.05) is 36.4 Å². The summed E-state index contributed by atoms with van der Waals surface area (Å²) in [5, 5.41) is 5.98. The first-order chi connectivity index (χ1) is 14.9. The number of guanidine groups is 1. The molecule has 2 N–H and O–H groups in total. The topological polar surface area (TPSA) is 77.0 Å². The summed E-state index contributed by atoms with van der Waals surface area (Å²) in [6.45, 7) is 4.64. The second-order valence-electron chi connectivity index (χ2n) is 7.65. The van der Waals surface area contributed by atoms with E-state index in [4.69, 9.17) is 11.6 Å². The van der Waals surface area contributed by atoms with Crippen molar-refractivity contribution in [2.45, 2.75) is 19.4 Å². The summed E-state index contributed by atoms with van der Waals surface area (Å²) in [7, 11) is 0. The summed E-state index contributed by atoms with van der Waals surface area (Å²) in [6, 6.07) is 11.4. The van der Waals surface area contributed by atoms with Gasteiger partial charge in [-0.1, -0.05) is 23.7 Å². The number of benzene rings is 2. The standard InChI is InChI=1S/C22H23ClFN5O2/c1-14-5-6-18(17(24)11-14)25-20(30)13-19-21(31)27-22(26-19)29-9-7-28(8-10-29)16-4-2-3-15(23)12-16/h2-6,11-12,19H,7-10,13H2,1H3,(H,25,30)(H,26,27,31). The number of carbonyl (C=O) groups excluding carboxylic acids is 2. The number of hydrogen-bond acceptors (Lipinski definition) is 5. The number of aryl methyl sites for hydroxylation is 1. The third-order valence-electron chi connectivity index (χ3n) is 5.35. The highest BCUT2D eigenvalue weighted by atomic mass is 35.5. The Morgan fingerprint density at radius 3 is 2.65 bits per heavy atom. The van der Waals surface area contributed by atoms with Crippen molar-refractivity contribution >= 4 is 40.7 Å². The van der Waals surface area contributed by atoms with E-state index in [1.165, 1.54) is 12.1 Å². The van der Waals surface area contributed by atoms with Crippen molar-refractivity contribution in [3.63, 3.8) is 0 Å². The number of piperazine rings is 1. The fourth-order valence-electron chi connectivity index (χ4n) is 3.68. The highest BCUT2D eigenvalue weighted by Crippen LogP contribution is 2.21. The summed E-state index contributed by atoms with van der Waals surface area (Å²) >= 11 is 6.08. The Morgan fingerprint density at radius 1 is 1.19 bits per heavy atom. The van der Waals surface area contributed by atoms with Crippen molar-refractivity contribution < 1.29 is 14.0 Å². The monoisotopic (exact) mass is 443 g/mol. The van der Waals surface area contributed by atoms with Crippen LogP contribution in [0.4, 0.5) is 15.8 Å². The lowest BCUT2D eigenvalue weighted by molar-refractivity contribution is -0.124. The van der Waals surface area contributed by atoms with E-state index in [1.54, 1.807) is 13.0 Å². The van der Waals surface area contributed by atoms with Gasteiger partial charge in [-0.05, 0) is 42.8 Å². The number of carbonyl (C=O) groups is 2. The molecule has 0 aliphatic carbocycles. The largest absolute Gasteiger partial charge is 0.368 e. The predicted molar refractivity (Wildman–Crippen MR) is 119 cm³/mol. The molecular weight excluding hydrogens is 421 g/mol. The number of halogens is 2. The second kappa shape index (κ2) is 8.93. The molecule has 1 unspecified atom stereocenters. The maximum atomic E-state index is 13.9. The van der Waals surface area contributed by atoms with Gasteiger partial charge in [0.25, 0.3) is 5.91 Å². The Bertz CT molecular complexity index is 1040. The minimum Gasteiger partial charge on any atom is -0.368 e. The van der Waals surface area contributed by atoms with Gasteiger partial charge < -0.3 is 15.1 Å². The Labute approximate surface area is 184 Å². The fourth-order valence-corrected chi connectivity index (χ4v) is 3.86. The summed E-state index contributed by atoms with van der Waals surface area (Å²) < 4.78 is 13.9. The van der Waals surface area contributed by atoms with Gasteiger partial charge in [-0.2, -0.15) is 0 Å². The molecule has 0 aromatic heterocycles. The molecule has 2 heterocycles. The molecule has 0 radical (unpaired) electrons. The highest BCUT2D eigenvalue weighted by molar-refractivity contribution is 6.30. The first kappa shape index (κ1) is 21.1. The van der Waals surface area contributed by atoms with Crippen LogP contribution in [0.15, 0.2) is 47.5 Å². The van der Waals surface area contributed by atoms with Gasteiger partial charge >= 0.3 is 0 Å². The molecule has 1 fully saturated rings. The minimum absolute atomic E-state index is 0.0929. The van der Waals surface area contributed by atoms with Crippen molar-refractivity contribution in [1.29, 1.82) is 0 Å². The molecule has 4 rings (SSSR count). The molecule has 7 nitrogen and oxygen atoms in total. The number of anilines is 2. The Kier molecular flexibility index (Phi) is 6.08. The zero-order chi connectivity index (χ0) is 22.0. The van der Waals surface area contributed by atoms with Crippen LogP contribution >= 0.6 is 11.6 Å². The highest BCUT2D eigenvalue weighted by Gasteiger charge is 2.32. The van der Waals surface area contributed by atoms with Gasteiger partial charge in [-0.25, -0.2) is 9.38 Å². The fraction of sp³-hybridized carbons (Fsp3) is 0.318. The van der Waals surface area contributed by atoms with Crippen LogP contribution in [0.2, 0.25) is 5.02 Å². The zero-order valence-corrected chi connectivity index (χ0v) is 17.8. The molecule has 2 amide bonds. The number of rotatable bonds is 4. The van der Waals surface area contributed by atoms with Crippen molar-refractivity contribution in [1.82, 2.24) is 10.2 Å². The molecular formula is C22H23ClFN5O2. The molecule has 0 bridgehead atoms. The number of nitrogens with zero attached hydrogens (tertiary/aromatic N) is 3. The van der Waals surface area contributed by atoms with Gasteiger partial charge in [0.05, 0.1) is 12.1 Å². The van der Waals surface area contributed by atoms with Crippen molar-refractivity contribution in [3.05, 3.63) is 58.9 Å². The third-order valence-corrected chi connectivity index (χ3v) is 5.58. The van der Waals surface area contributed by atoms with Crippen molar-refractivity contribution in [2.24, 2.45) is 4.99 Å². The molecule has 31 heavy (non-hydrogen) atoms. The van der Waals surface area contributed by atoms with Crippen LogP contribution in [0.3, 0.4) is 0 Å². The van der Waals surface area contributed by atoms with Crippen molar-refractivity contribution in [3.8, 4) is 0 Å². The summed E-state index contributed by atoms with van der Waals surface area (Å²) in [5.74, 6) is -0.813. The quantitative estimate of drug-likeness (QED) is 0.761. The zero-order valence-electron chi connectivity index (χ0n) is 17.1. The number of nitrogens with one attached hydrogen (secondary N) is 2. The molecule has 2 aromatic rings. The van der Waals surface area contributed by atoms with Gasteiger partial charge in [0, 0.05) is 36.9 Å². The van der Waals surface area contributed by atoms with E-state index in [9.17, 15) is 14.0 Å². The van der Waals surface area contributed by atoms with Crippen LogP contribution in [0.25, 0.3) is 0 Å². The van der Waals surface area contributed by atoms with E-state index in [0.717, 1.165) is 24.3 Å². The smallest absolute Gasteiger partial charge is 0.252 e. The maximum Gasteiger partial charge on any atom is 0.252 e. The Morgan fingerprint density at radius 2 is 1.94 bits per heavy atom. The van der Waals surface area contributed by atoms with Gasteiger partial charge in [0.1, 0.15) is 11.9 Å². The molecule has 162 valence electrons. The van der Waals surface area contributed by atoms with E-state index in [1.807, 2.05) is 29.2 Å². The first-order valence-corrected chi connectivity index (χ1v) is 10.5. The van der Waals surface area contributed by atoms with Gasteiger partial charge in [-0.3, -0.25) is 14.9 Å². The molecule has 0 saturated carbocycles. The second-order valence-corrected chi connectivity index (χ2v) is 8.08. The lowest BCUT2D eigenvalue weighted by atomic mass is 10.2. The van der Waals surface area contributed by atoms with Crippen LogP contribution in [0, 0.1) is 12.7 Å². The molecule has 2 aromatic carbocycles. The van der Waals surface area contributed by atoms with E-state index in [2.05, 4.69) is 20.5 Å². The first-order valence-electron chi connectivity index (χ1n) is 10.1. The summed E-state index contributed by atoms with van der Waals surface area (Å²) in [4.78, 5) is 33.3. The molecule has 2 aliphatic rings. The van der Waals surface area contributed by atoms with E-state index in [-0.39, 0.29) is 18.0 Å². The minimum atomic E-state index is -0.825. The number of hydrogen-bond donors (Lipinski definition) is 2. The molecule has 0 spiro atoms. The van der Waals surface area contributed by atoms with Crippen LogP contribution in [-0.2, 0) is 9.59 Å². The third kappa shape index (κ3) is 4.96. The Balaban J connectivity index is 1.33. The van der Waals surface area contributed by atoms with Crippen LogP contribution in [-0.4, -0.2) is 54.9 Å². The summed E-state index contributed by atoms with van der Waals surface area (Å²) in [6.07, 6.45) is -0.148. The van der Waals surface area contributed by atoms with Gasteiger partial charge in [0.15, 0.2) is 0 Å². The lowest BCUT2D eigenvalue weighted by Crippen LogP contribution is -2.52. The maximum absolute atomic E-state index is 13.9. The Hall–Kier alpha value is -3.13. The molecule has 1 atom stereocenters. The van der Waals surface area contributed by atoms with E-state index in [0.29, 0.717) is 24.1 Å². The normalized spacial score (nSPS) is 18.6. The summed E-state index contributed by atoms with van der Waals surface area (Å²) in [5.41, 5.74) is 1.91. The number of amides is 2. The predicted octanol–water partition coefficient (Wildman–Crippen LogP) is 2.79. The SMILES string of the molecule is Cc1ccc(NC(=O)CC2N=C(N3CCN(c4cccc(Cl)c4)CC3)NC2=O)c(F)c1. The van der Waals surface area contributed by atoms with E-state index >= 15 is 0 Å². The molecule has 2 aliphatic heterocycles. The van der Waals surface area contributed by atoms with Gasteiger partial charge in [0.2, 0.25) is 11.9 Å². The average Bonchev–Trinajstić information content (AvgIpc) is 3.10. The number of aliphatic imine (C=N–C) groups is 1. The average molecular weight is 444 g/mol. The van der Waals surface area contributed by atoms with Crippen LogP contribution < -0.4 is 15.5 Å². The van der Waals surface area contributed by atoms with Gasteiger partial charge in [-0.15, -0.1) is 0 Å². The molecule has 1 saturated heterocycles. The lowest BCUT2D eigenvalue weighted by Gasteiger charge is -2.36.